The van der Waals surface area contributed by atoms with Gasteiger partial charge in [0.1, 0.15) is 12.7 Å². The number of nitrogens with zero attached hydrogens (tertiary/aromatic N) is 3. The molecule has 0 bridgehead atoms. The molecule has 122 valence electrons. The lowest BCUT2D eigenvalue weighted by molar-refractivity contribution is -0.147. The Morgan fingerprint density at radius 1 is 1.26 bits per heavy atom. The van der Waals surface area contributed by atoms with Crippen LogP contribution in [0.25, 0.3) is 0 Å². The van der Waals surface area contributed by atoms with Gasteiger partial charge in [0, 0.05) is 12.1 Å². The average molecular weight is 316 g/mol. The Kier molecular flexibility index (Phi) is 5.85. The second-order valence-electron chi connectivity index (χ2n) is 5.33. The zero-order valence-electron chi connectivity index (χ0n) is 13.2. The van der Waals surface area contributed by atoms with Gasteiger partial charge in [0.05, 0.1) is 19.1 Å². The molecule has 1 heterocycles. The molecule has 0 saturated carbocycles. The first-order chi connectivity index (χ1) is 11.0. The van der Waals surface area contributed by atoms with Crippen LogP contribution in [0.15, 0.2) is 36.9 Å². The third-order valence-corrected chi connectivity index (χ3v) is 3.01. The highest BCUT2D eigenvalue weighted by Crippen LogP contribution is 2.06. The van der Waals surface area contributed by atoms with Crippen molar-refractivity contribution in [1.29, 1.82) is 0 Å². The van der Waals surface area contributed by atoms with Gasteiger partial charge >= 0.3 is 5.97 Å². The Morgan fingerprint density at radius 3 is 2.61 bits per heavy atom. The molecule has 0 unspecified atom stereocenters. The third kappa shape index (κ3) is 5.54. The highest BCUT2D eigenvalue weighted by atomic mass is 16.5. The minimum absolute atomic E-state index is 0.143. The second kappa shape index (κ2) is 8.07. The van der Waals surface area contributed by atoms with E-state index in [0.29, 0.717) is 12.1 Å². The average Bonchev–Trinajstić information content (AvgIpc) is 3.00. The molecule has 0 aliphatic carbocycles. The molecule has 2 aromatic rings. The Bertz CT molecular complexity index is 636. The van der Waals surface area contributed by atoms with Crippen LogP contribution in [0.3, 0.4) is 0 Å². The Morgan fingerprint density at radius 2 is 2.00 bits per heavy atom. The summed E-state index contributed by atoms with van der Waals surface area (Å²) >= 11 is 0. The number of esters is 1. The molecule has 0 aliphatic rings. The van der Waals surface area contributed by atoms with Crippen molar-refractivity contribution in [2.45, 2.75) is 32.9 Å². The SMILES string of the molecule is CC(C)OC(=O)CCNC(=O)c1ccc(Cn2cncn2)cc1. The van der Waals surface area contributed by atoms with Crippen molar-refractivity contribution in [3.63, 3.8) is 0 Å². The van der Waals surface area contributed by atoms with E-state index in [0.717, 1.165) is 5.56 Å². The number of ether oxygens (including phenoxy) is 1. The number of amides is 1. The van der Waals surface area contributed by atoms with E-state index in [4.69, 9.17) is 4.74 Å². The fourth-order valence-electron chi connectivity index (χ4n) is 1.96. The highest BCUT2D eigenvalue weighted by molar-refractivity contribution is 5.94. The lowest BCUT2D eigenvalue weighted by Gasteiger charge is -2.09. The number of rotatable bonds is 7. The Balaban J connectivity index is 1.79. The number of nitrogens with one attached hydrogen (secondary N) is 1. The molecule has 1 aromatic carbocycles. The fourth-order valence-corrected chi connectivity index (χ4v) is 1.96. The Labute approximate surface area is 134 Å². The number of carbonyl (C=O) groups excluding carboxylic acids is 2. The standard InChI is InChI=1S/C16H20N4O3/c1-12(2)23-15(21)7-8-18-16(22)14-5-3-13(4-6-14)9-20-11-17-10-19-20/h3-6,10-12H,7-9H2,1-2H3,(H,18,22). The van der Waals surface area contributed by atoms with Crippen LogP contribution in [0, 0.1) is 0 Å². The van der Waals surface area contributed by atoms with E-state index in [1.54, 1.807) is 37.0 Å². The van der Waals surface area contributed by atoms with Crippen LogP contribution in [0.2, 0.25) is 0 Å². The first-order valence-corrected chi connectivity index (χ1v) is 7.43. The topological polar surface area (TPSA) is 86.1 Å². The quantitative estimate of drug-likeness (QED) is 0.780. The smallest absolute Gasteiger partial charge is 0.307 e. The molecule has 7 heteroatoms. The van der Waals surface area contributed by atoms with Crippen molar-refractivity contribution in [2.75, 3.05) is 6.54 Å². The summed E-state index contributed by atoms with van der Waals surface area (Å²) in [5.41, 5.74) is 1.57. The van der Waals surface area contributed by atoms with Gasteiger partial charge in [-0.15, -0.1) is 0 Å². The summed E-state index contributed by atoms with van der Waals surface area (Å²) in [5, 5.41) is 6.73. The summed E-state index contributed by atoms with van der Waals surface area (Å²) in [6.45, 7) is 4.43. The fraction of sp³-hybridized carbons (Fsp3) is 0.375. The van der Waals surface area contributed by atoms with Gasteiger partial charge in [-0.3, -0.25) is 9.59 Å². The largest absolute Gasteiger partial charge is 0.463 e. The van der Waals surface area contributed by atoms with E-state index >= 15 is 0 Å². The summed E-state index contributed by atoms with van der Waals surface area (Å²) in [7, 11) is 0. The number of carbonyl (C=O) groups is 2. The van der Waals surface area contributed by atoms with E-state index in [9.17, 15) is 9.59 Å². The van der Waals surface area contributed by atoms with Gasteiger partial charge in [0.15, 0.2) is 0 Å². The van der Waals surface area contributed by atoms with Gasteiger partial charge in [-0.2, -0.15) is 5.10 Å². The maximum absolute atomic E-state index is 12.0. The molecule has 0 saturated heterocycles. The minimum atomic E-state index is -0.316. The number of benzene rings is 1. The summed E-state index contributed by atoms with van der Waals surface area (Å²) in [5.74, 6) is -0.530. The number of hydrogen-bond donors (Lipinski definition) is 1. The van der Waals surface area contributed by atoms with Crippen molar-refractivity contribution in [3.05, 3.63) is 48.0 Å². The van der Waals surface area contributed by atoms with Gasteiger partial charge < -0.3 is 10.1 Å². The van der Waals surface area contributed by atoms with Crippen molar-refractivity contribution >= 4 is 11.9 Å². The van der Waals surface area contributed by atoms with Gasteiger partial charge in [-0.25, -0.2) is 9.67 Å². The molecule has 1 N–H and O–H groups in total. The first kappa shape index (κ1) is 16.7. The van der Waals surface area contributed by atoms with Crippen LogP contribution in [0.4, 0.5) is 0 Å². The predicted octanol–water partition coefficient (Wildman–Crippen LogP) is 1.40. The zero-order chi connectivity index (χ0) is 16.7. The number of aromatic nitrogens is 3. The third-order valence-electron chi connectivity index (χ3n) is 3.01. The predicted molar refractivity (Wildman–Crippen MR) is 83.7 cm³/mol. The maximum Gasteiger partial charge on any atom is 0.307 e. The van der Waals surface area contributed by atoms with E-state index in [-0.39, 0.29) is 30.9 Å². The first-order valence-electron chi connectivity index (χ1n) is 7.43. The highest BCUT2D eigenvalue weighted by Gasteiger charge is 2.08. The molecule has 0 radical (unpaired) electrons. The van der Waals surface area contributed by atoms with Crippen molar-refractivity contribution in [1.82, 2.24) is 20.1 Å². The summed E-state index contributed by atoms with van der Waals surface area (Å²) in [4.78, 5) is 27.2. The van der Waals surface area contributed by atoms with Crippen molar-refractivity contribution in [2.24, 2.45) is 0 Å². The molecule has 2 rings (SSSR count). The van der Waals surface area contributed by atoms with Crippen LogP contribution < -0.4 is 5.32 Å². The van der Waals surface area contributed by atoms with Crippen LogP contribution in [-0.4, -0.2) is 39.3 Å². The van der Waals surface area contributed by atoms with Gasteiger partial charge in [-0.05, 0) is 31.5 Å². The monoisotopic (exact) mass is 316 g/mol. The Hall–Kier alpha value is -2.70. The molecule has 0 atom stereocenters. The zero-order valence-corrected chi connectivity index (χ0v) is 13.2. The van der Waals surface area contributed by atoms with E-state index in [2.05, 4.69) is 15.4 Å². The molecule has 0 fully saturated rings. The molecule has 1 amide bonds. The maximum atomic E-state index is 12.0. The van der Waals surface area contributed by atoms with E-state index < -0.39 is 0 Å². The minimum Gasteiger partial charge on any atom is -0.463 e. The van der Waals surface area contributed by atoms with Gasteiger partial charge in [0.2, 0.25) is 0 Å². The van der Waals surface area contributed by atoms with Gasteiger partial charge in [-0.1, -0.05) is 12.1 Å². The molecule has 0 spiro atoms. The van der Waals surface area contributed by atoms with Crippen LogP contribution in [0.1, 0.15) is 36.2 Å². The van der Waals surface area contributed by atoms with Crippen LogP contribution in [-0.2, 0) is 16.1 Å². The molecule has 23 heavy (non-hydrogen) atoms. The number of hydrogen-bond acceptors (Lipinski definition) is 5. The second-order valence-corrected chi connectivity index (χ2v) is 5.33. The lowest BCUT2D eigenvalue weighted by atomic mass is 10.1. The van der Waals surface area contributed by atoms with Crippen molar-refractivity contribution in [3.8, 4) is 0 Å². The van der Waals surface area contributed by atoms with Gasteiger partial charge in [0.25, 0.3) is 5.91 Å². The van der Waals surface area contributed by atoms with Crippen LogP contribution in [0.5, 0.6) is 0 Å². The lowest BCUT2D eigenvalue weighted by Crippen LogP contribution is -2.27. The summed E-state index contributed by atoms with van der Waals surface area (Å²) in [6.07, 6.45) is 3.13. The molecule has 0 aliphatic heterocycles. The summed E-state index contributed by atoms with van der Waals surface area (Å²) < 4.78 is 6.70. The molecule has 7 nitrogen and oxygen atoms in total. The summed E-state index contributed by atoms with van der Waals surface area (Å²) in [6, 6.07) is 7.22. The van der Waals surface area contributed by atoms with E-state index in [1.807, 2.05) is 12.1 Å². The molecular formula is C16H20N4O3. The van der Waals surface area contributed by atoms with E-state index in [1.165, 1.54) is 6.33 Å². The van der Waals surface area contributed by atoms with Crippen molar-refractivity contribution < 1.29 is 14.3 Å². The molecule has 1 aromatic heterocycles. The van der Waals surface area contributed by atoms with Crippen LogP contribution >= 0.6 is 0 Å². The molecular weight excluding hydrogens is 296 g/mol. The normalized spacial score (nSPS) is 10.6.